The number of hydrogen-bond acceptors (Lipinski definition) is 5. The highest BCUT2D eigenvalue weighted by atomic mass is 32.1. The van der Waals surface area contributed by atoms with E-state index >= 15 is 0 Å². The largest absolute Gasteiger partial charge is 0.384 e. The third-order valence-corrected chi connectivity index (χ3v) is 4.79. The SMILES string of the molecule is CCN(CC)CCCCNc1c(C(C)(C)S)c(=S)c1=S. The normalized spacial score (nSPS) is 12.3. The lowest BCUT2D eigenvalue weighted by Crippen LogP contribution is -2.24. The lowest BCUT2D eigenvalue weighted by Gasteiger charge is -2.26. The molecule has 1 N–H and O–H groups in total. The Hall–Kier alpha value is 0.0300. The molecule has 0 atom stereocenters. The van der Waals surface area contributed by atoms with Crippen molar-refractivity contribution in [1.29, 1.82) is 0 Å². The Morgan fingerprint density at radius 1 is 1.10 bits per heavy atom. The minimum Gasteiger partial charge on any atom is -0.384 e. The molecule has 0 amide bonds. The first-order valence-corrected chi connectivity index (χ1v) is 8.61. The molecule has 0 aliphatic carbocycles. The van der Waals surface area contributed by atoms with E-state index in [1.54, 1.807) is 0 Å². The average molecular weight is 331 g/mol. The molecule has 5 heteroatoms. The van der Waals surface area contributed by atoms with E-state index < -0.39 is 0 Å². The molecule has 0 aliphatic rings. The Bertz CT molecular complexity index is 492. The molecule has 0 fully saturated rings. The highest BCUT2D eigenvalue weighted by molar-refractivity contribution is 7.81. The summed E-state index contributed by atoms with van der Waals surface area (Å²) >= 11 is 15.3. The van der Waals surface area contributed by atoms with Gasteiger partial charge in [-0.1, -0.05) is 38.3 Å². The van der Waals surface area contributed by atoms with Crippen molar-refractivity contribution in [3.05, 3.63) is 14.6 Å². The van der Waals surface area contributed by atoms with Gasteiger partial charge in [-0.15, -0.1) is 0 Å². The number of rotatable bonds is 9. The Labute approximate surface area is 139 Å². The lowest BCUT2D eigenvalue weighted by molar-refractivity contribution is 0.298. The maximum absolute atomic E-state index is 5.33. The second kappa shape index (κ2) is 7.87. The zero-order chi connectivity index (χ0) is 15.3. The summed E-state index contributed by atoms with van der Waals surface area (Å²) in [5.74, 6) is 0. The second-order valence-corrected chi connectivity index (χ2v) is 7.56. The van der Waals surface area contributed by atoms with E-state index in [0.717, 1.165) is 46.3 Å². The molecule has 114 valence electrons. The van der Waals surface area contributed by atoms with Crippen molar-refractivity contribution in [1.82, 2.24) is 4.90 Å². The summed E-state index contributed by atoms with van der Waals surface area (Å²) in [6.45, 7) is 12.9. The molecular formula is C15H26N2S3. The topological polar surface area (TPSA) is 15.3 Å². The molecule has 2 nitrogen and oxygen atoms in total. The summed E-state index contributed by atoms with van der Waals surface area (Å²) in [5, 5.41) is 3.45. The number of nitrogens with one attached hydrogen (secondary N) is 1. The summed E-state index contributed by atoms with van der Waals surface area (Å²) < 4.78 is 1.40. The fourth-order valence-corrected chi connectivity index (χ4v) is 3.39. The highest BCUT2D eigenvalue weighted by Crippen LogP contribution is 2.39. The fourth-order valence-electron chi connectivity index (χ4n) is 2.36. The van der Waals surface area contributed by atoms with E-state index in [4.69, 9.17) is 24.4 Å². The lowest BCUT2D eigenvalue weighted by atomic mass is 9.96. The minimum absolute atomic E-state index is 0.219. The summed E-state index contributed by atoms with van der Waals surface area (Å²) in [4.78, 5) is 2.45. The van der Waals surface area contributed by atoms with Gasteiger partial charge < -0.3 is 10.2 Å². The quantitative estimate of drug-likeness (QED) is 0.387. The molecular weight excluding hydrogens is 304 g/mol. The van der Waals surface area contributed by atoms with Crippen molar-refractivity contribution in [2.24, 2.45) is 0 Å². The molecule has 0 aromatic heterocycles. The van der Waals surface area contributed by atoms with E-state index in [1.807, 2.05) is 0 Å². The molecule has 0 bridgehead atoms. The van der Waals surface area contributed by atoms with Gasteiger partial charge in [0.2, 0.25) is 0 Å². The molecule has 1 aromatic carbocycles. The van der Waals surface area contributed by atoms with Crippen molar-refractivity contribution in [2.75, 3.05) is 31.5 Å². The number of anilines is 1. The molecule has 0 radical (unpaired) electrons. The summed E-state index contributed by atoms with van der Waals surface area (Å²) in [6, 6.07) is 0. The summed E-state index contributed by atoms with van der Waals surface area (Å²) in [5.41, 5.74) is 2.15. The first kappa shape index (κ1) is 18.1. The predicted molar refractivity (Wildman–Crippen MR) is 98.0 cm³/mol. The van der Waals surface area contributed by atoms with Crippen LogP contribution in [0.5, 0.6) is 0 Å². The molecule has 1 rings (SSSR count). The van der Waals surface area contributed by atoms with Crippen molar-refractivity contribution >= 4 is 42.8 Å². The Kier molecular flexibility index (Phi) is 7.12. The standard InChI is InChI=1S/C15H26N2S3/c1-5-17(6-2)10-8-7-9-16-12-11(15(3,4)20)13(18)14(12)19/h16,20H,5-10H2,1-4H3. The maximum Gasteiger partial charge on any atom is 0.0797 e. The van der Waals surface area contributed by atoms with Crippen LogP contribution in [0.2, 0.25) is 0 Å². The van der Waals surface area contributed by atoms with Gasteiger partial charge in [-0.2, -0.15) is 12.6 Å². The van der Waals surface area contributed by atoms with Gasteiger partial charge in [-0.3, -0.25) is 0 Å². The van der Waals surface area contributed by atoms with E-state index in [9.17, 15) is 0 Å². The van der Waals surface area contributed by atoms with Gasteiger partial charge in [0.15, 0.2) is 0 Å². The predicted octanol–water partition coefficient (Wildman–Crippen LogP) is 4.72. The molecule has 0 saturated carbocycles. The zero-order valence-corrected chi connectivity index (χ0v) is 15.5. The summed E-state index contributed by atoms with van der Waals surface area (Å²) in [7, 11) is 0. The number of hydrogen-bond donors (Lipinski definition) is 2. The molecule has 0 aliphatic heterocycles. The second-order valence-electron chi connectivity index (χ2n) is 5.63. The highest BCUT2D eigenvalue weighted by Gasteiger charge is 2.26. The van der Waals surface area contributed by atoms with Crippen molar-refractivity contribution in [3.8, 4) is 0 Å². The third kappa shape index (κ3) is 4.52. The molecule has 0 saturated heterocycles. The van der Waals surface area contributed by atoms with Crippen LogP contribution < -0.4 is 5.32 Å². The summed E-state index contributed by atoms with van der Waals surface area (Å²) in [6.07, 6.45) is 2.36. The Balaban J connectivity index is 2.43. The van der Waals surface area contributed by atoms with Crippen LogP contribution in [0, 0.1) is 9.02 Å². The number of unbranched alkanes of at least 4 members (excludes halogenated alkanes) is 1. The van der Waals surface area contributed by atoms with E-state index in [0.29, 0.717) is 0 Å². The van der Waals surface area contributed by atoms with E-state index in [-0.39, 0.29) is 4.75 Å². The minimum atomic E-state index is -0.219. The third-order valence-electron chi connectivity index (χ3n) is 3.62. The van der Waals surface area contributed by atoms with Gasteiger partial charge in [-0.05, 0) is 46.3 Å². The monoisotopic (exact) mass is 330 g/mol. The van der Waals surface area contributed by atoms with Crippen LogP contribution in [0.25, 0.3) is 0 Å². The van der Waals surface area contributed by atoms with Crippen molar-refractivity contribution in [2.45, 2.75) is 45.3 Å². The van der Waals surface area contributed by atoms with Gasteiger partial charge >= 0.3 is 0 Å². The van der Waals surface area contributed by atoms with Crippen molar-refractivity contribution < 1.29 is 0 Å². The van der Waals surface area contributed by atoms with E-state index in [1.165, 1.54) is 13.0 Å². The van der Waals surface area contributed by atoms with Crippen molar-refractivity contribution in [3.63, 3.8) is 0 Å². The van der Waals surface area contributed by atoms with Crippen LogP contribution >= 0.6 is 37.1 Å². The van der Waals surface area contributed by atoms with Gasteiger partial charge in [0.05, 0.1) is 14.7 Å². The molecule has 0 unspecified atom stereocenters. The molecule has 20 heavy (non-hydrogen) atoms. The van der Waals surface area contributed by atoms with Gasteiger partial charge in [0.25, 0.3) is 0 Å². The van der Waals surface area contributed by atoms with Crippen LogP contribution in [-0.2, 0) is 4.75 Å². The van der Waals surface area contributed by atoms with E-state index in [2.05, 4.69) is 50.5 Å². The first-order valence-electron chi connectivity index (χ1n) is 7.35. The Morgan fingerprint density at radius 2 is 1.70 bits per heavy atom. The Morgan fingerprint density at radius 3 is 2.20 bits per heavy atom. The van der Waals surface area contributed by atoms with Crippen LogP contribution in [0.1, 0.15) is 46.1 Å². The molecule has 0 spiro atoms. The van der Waals surface area contributed by atoms with Gasteiger partial charge in [0, 0.05) is 16.9 Å². The number of nitrogens with zero attached hydrogens (tertiary/aromatic N) is 1. The van der Waals surface area contributed by atoms with Crippen LogP contribution in [0.3, 0.4) is 0 Å². The van der Waals surface area contributed by atoms with Crippen LogP contribution in [0.15, 0.2) is 0 Å². The zero-order valence-electron chi connectivity index (χ0n) is 13.0. The first-order chi connectivity index (χ1) is 9.32. The molecule has 1 aromatic rings. The smallest absolute Gasteiger partial charge is 0.0797 e. The fraction of sp³-hybridized carbons (Fsp3) is 0.733. The average Bonchev–Trinajstić information content (AvgIpc) is 2.39. The maximum atomic E-state index is 5.33. The number of thiol groups is 1. The van der Waals surface area contributed by atoms with Gasteiger partial charge in [-0.25, -0.2) is 0 Å². The van der Waals surface area contributed by atoms with Crippen LogP contribution in [-0.4, -0.2) is 31.1 Å². The molecule has 0 heterocycles. The van der Waals surface area contributed by atoms with Crippen LogP contribution in [0.4, 0.5) is 5.69 Å². The van der Waals surface area contributed by atoms with Gasteiger partial charge in [0.1, 0.15) is 0 Å².